The third-order valence-electron chi connectivity index (χ3n) is 6.51. The molecule has 36 heavy (non-hydrogen) atoms. The van der Waals surface area contributed by atoms with Gasteiger partial charge in [0.25, 0.3) is 0 Å². The summed E-state index contributed by atoms with van der Waals surface area (Å²) in [4.78, 5) is 0.363. The van der Waals surface area contributed by atoms with E-state index in [9.17, 15) is 32.0 Å². The van der Waals surface area contributed by atoms with Crippen LogP contribution in [0.1, 0.15) is 38.3 Å². The third kappa shape index (κ3) is 5.56. The Morgan fingerprint density at radius 1 is 1.25 bits per heavy atom. The van der Waals surface area contributed by atoms with E-state index < -0.39 is 32.9 Å². The fourth-order valence-electron chi connectivity index (χ4n) is 4.06. The summed E-state index contributed by atoms with van der Waals surface area (Å²) >= 11 is 5.29. The summed E-state index contributed by atoms with van der Waals surface area (Å²) in [6.45, 7) is 4.48. The standard InChI is InChI=1S/C24H29F3N4O3S2/c1-21(2,14-28)30-15-23(18-10-8-17(9-11-18)22(3,32)24(25,26)27)16-31(13-12-29-23)36(33,34)20-7-5-4-6-19(20)35/h4-5,7-11,29-30,32H,6,12-13,15-16H2,1-3H3/t22?,23-/m0/s1. The molecule has 3 N–H and O–H groups in total. The lowest BCUT2D eigenvalue weighted by molar-refractivity contribution is -0.258. The number of thiocarbonyl (C=S) groups is 1. The first kappa shape index (κ1) is 28.4. The van der Waals surface area contributed by atoms with Gasteiger partial charge in [0.2, 0.25) is 10.0 Å². The van der Waals surface area contributed by atoms with E-state index in [2.05, 4.69) is 16.7 Å². The Balaban J connectivity index is 2.02. The van der Waals surface area contributed by atoms with Crippen LogP contribution in [0.3, 0.4) is 0 Å². The van der Waals surface area contributed by atoms with Gasteiger partial charge in [-0.25, -0.2) is 8.42 Å². The molecule has 0 aromatic heterocycles. The Labute approximate surface area is 214 Å². The van der Waals surface area contributed by atoms with Crippen LogP contribution in [0.25, 0.3) is 0 Å². The van der Waals surface area contributed by atoms with Crippen LogP contribution in [0.5, 0.6) is 0 Å². The van der Waals surface area contributed by atoms with Crippen molar-refractivity contribution in [1.29, 1.82) is 5.26 Å². The Morgan fingerprint density at radius 3 is 2.44 bits per heavy atom. The molecule has 1 unspecified atom stereocenters. The normalized spacial score (nSPS) is 23.6. The summed E-state index contributed by atoms with van der Waals surface area (Å²) in [6.07, 6.45) is 0.348. The molecule has 0 radical (unpaired) electrons. The first-order valence-corrected chi connectivity index (χ1v) is 13.1. The summed E-state index contributed by atoms with van der Waals surface area (Å²) in [7, 11) is -3.94. The maximum Gasteiger partial charge on any atom is 0.421 e. The minimum absolute atomic E-state index is 0.0531. The van der Waals surface area contributed by atoms with Crippen LogP contribution in [0, 0.1) is 11.3 Å². The highest BCUT2D eigenvalue weighted by molar-refractivity contribution is 7.96. The molecule has 1 aromatic carbocycles. The predicted molar refractivity (Wildman–Crippen MR) is 134 cm³/mol. The smallest absolute Gasteiger partial charge is 0.376 e. The topological polar surface area (TPSA) is 105 Å². The van der Waals surface area contributed by atoms with E-state index in [1.165, 1.54) is 34.6 Å². The zero-order chi connectivity index (χ0) is 27.0. The summed E-state index contributed by atoms with van der Waals surface area (Å²) in [6, 6.07) is 7.37. The second-order valence-corrected chi connectivity index (χ2v) is 12.1. The Hall–Kier alpha value is -2.14. The van der Waals surface area contributed by atoms with Crippen molar-refractivity contribution in [2.75, 3.05) is 26.2 Å². The number of sulfonamides is 1. The van der Waals surface area contributed by atoms with Gasteiger partial charge in [0.1, 0.15) is 5.54 Å². The maximum absolute atomic E-state index is 13.5. The molecule has 12 heteroatoms. The van der Waals surface area contributed by atoms with Crippen molar-refractivity contribution in [2.45, 2.75) is 50.0 Å². The minimum Gasteiger partial charge on any atom is -0.376 e. The summed E-state index contributed by atoms with van der Waals surface area (Å²) < 4.78 is 68.3. The van der Waals surface area contributed by atoms with Crippen LogP contribution in [0.4, 0.5) is 13.2 Å². The van der Waals surface area contributed by atoms with E-state index in [4.69, 9.17) is 12.2 Å². The number of alkyl halides is 3. The van der Waals surface area contributed by atoms with E-state index in [1.807, 2.05) is 0 Å². The highest BCUT2D eigenvalue weighted by Crippen LogP contribution is 2.39. The second-order valence-electron chi connectivity index (χ2n) is 9.67. The van der Waals surface area contributed by atoms with Crippen LogP contribution < -0.4 is 10.6 Å². The van der Waals surface area contributed by atoms with Crippen molar-refractivity contribution in [3.8, 4) is 6.07 Å². The molecule has 3 rings (SSSR count). The van der Waals surface area contributed by atoms with Gasteiger partial charge in [-0.15, -0.1) is 0 Å². The van der Waals surface area contributed by atoms with Crippen molar-refractivity contribution >= 4 is 27.1 Å². The molecular formula is C24H29F3N4O3S2. The fraction of sp³-hybridized carbons (Fsp3) is 0.500. The Kier molecular flexibility index (Phi) is 7.87. The lowest BCUT2D eigenvalue weighted by Gasteiger charge is -2.45. The number of piperazine rings is 1. The van der Waals surface area contributed by atoms with Gasteiger partial charge in [0.15, 0.2) is 5.60 Å². The van der Waals surface area contributed by atoms with Gasteiger partial charge in [0, 0.05) is 37.5 Å². The number of nitrogens with zero attached hydrogens (tertiary/aromatic N) is 2. The number of nitriles is 1. The zero-order valence-corrected chi connectivity index (χ0v) is 21.8. The minimum atomic E-state index is -4.88. The van der Waals surface area contributed by atoms with Crippen LogP contribution in [-0.2, 0) is 21.2 Å². The molecule has 1 heterocycles. The van der Waals surface area contributed by atoms with Gasteiger partial charge in [-0.3, -0.25) is 5.32 Å². The van der Waals surface area contributed by atoms with Crippen LogP contribution >= 0.6 is 12.2 Å². The van der Waals surface area contributed by atoms with Crippen LogP contribution in [0.2, 0.25) is 0 Å². The van der Waals surface area contributed by atoms with Gasteiger partial charge >= 0.3 is 6.18 Å². The molecule has 7 nitrogen and oxygen atoms in total. The van der Waals surface area contributed by atoms with Gasteiger partial charge in [0.05, 0.1) is 16.5 Å². The van der Waals surface area contributed by atoms with E-state index >= 15 is 0 Å². The van der Waals surface area contributed by atoms with E-state index in [0.29, 0.717) is 23.8 Å². The third-order valence-corrected chi connectivity index (χ3v) is 8.96. The molecule has 2 aliphatic rings. The summed E-state index contributed by atoms with van der Waals surface area (Å²) in [5.74, 6) is 0. The molecule has 196 valence electrons. The van der Waals surface area contributed by atoms with Crippen LogP contribution in [0.15, 0.2) is 47.4 Å². The molecule has 1 aliphatic heterocycles. The number of aliphatic hydroxyl groups is 1. The van der Waals surface area contributed by atoms with Crippen LogP contribution in [-0.4, -0.2) is 60.6 Å². The molecule has 1 aliphatic carbocycles. The molecule has 1 saturated heterocycles. The number of hydrogen-bond donors (Lipinski definition) is 3. The predicted octanol–water partition coefficient (Wildman–Crippen LogP) is 2.99. The van der Waals surface area contributed by atoms with Crippen molar-refractivity contribution in [2.24, 2.45) is 0 Å². The molecule has 1 fully saturated rings. The van der Waals surface area contributed by atoms with Crippen molar-refractivity contribution in [3.63, 3.8) is 0 Å². The van der Waals surface area contributed by atoms with Gasteiger partial charge in [-0.2, -0.15) is 22.7 Å². The highest BCUT2D eigenvalue weighted by Gasteiger charge is 2.51. The number of allylic oxidation sites excluding steroid dienone is 4. The van der Waals surface area contributed by atoms with Crippen molar-refractivity contribution in [3.05, 3.63) is 58.5 Å². The van der Waals surface area contributed by atoms with Gasteiger partial charge < -0.3 is 10.4 Å². The lowest BCUT2D eigenvalue weighted by Crippen LogP contribution is -2.64. The molecule has 0 amide bonds. The second kappa shape index (κ2) is 9.96. The van der Waals surface area contributed by atoms with Crippen molar-refractivity contribution < 1.29 is 26.7 Å². The number of hydrogen-bond acceptors (Lipinski definition) is 7. The van der Waals surface area contributed by atoms with Crippen molar-refractivity contribution in [1.82, 2.24) is 14.9 Å². The largest absolute Gasteiger partial charge is 0.421 e. The quantitative estimate of drug-likeness (QED) is 0.455. The molecule has 1 aromatic rings. The average Bonchev–Trinajstić information content (AvgIpc) is 2.82. The highest BCUT2D eigenvalue weighted by atomic mass is 32.2. The number of halogens is 3. The summed E-state index contributed by atoms with van der Waals surface area (Å²) in [5.41, 5.74) is -4.91. The SMILES string of the molecule is CC(C)(C#N)NC[C@@]1(c2ccc(C(C)(O)C(F)(F)F)cc2)CN(S(=O)(=O)C2=CC=CCC2=S)CCN1. The Morgan fingerprint density at radius 2 is 1.89 bits per heavy atom. The molecule has 0 bridgehead atoms. The number of benzene rings is 1. The Bertz CT molecular complexity index is 1220. The van der Waals surface area contributed by atoms with E-state index in [1.54, 1.807) is 26.0 Å². The first-order valence-electron chi connectivity index (χ1n) is 11.3. The maximum atomic E-state index is 13.5. The fourth-order valence-corrected chi connectivity index (χ4v) is 6.16. The zero-order valence-electron chi connectivity index (χ0n) is 20.2. The molecule has 0 saturated carbocycles. The number of nitrogens with one attached hydrogen (secondary N) is 2. The summed E-state index contributed by atoms with van der Waals surface area (Å²) in [5, 5.41) is 25.9. The van der Waals surface area contributed by atoms with E-state index in [0.717, 1.165) is 0 Å². The van der Waals surface area contributed by atoms with E-state index in [-0.39, 0.29) is 36.6 Å². The molecule has 2 atom stereocenters. The van der Waals surface area contributed by atoms with Gasteiger partial charge in [-0.1, -0.05) is 48.6 Å². The monoisotopic (exact) mass is 542 g/mol. The number of rotatable bonds is 7. The van der Waals surface area contributed by atoms with Gasteiger partial charge in [-0.05, 0) is 38.0 Å². The molecular weight excluding hydrogens is 513 g/mol. The lowest BCUT2D eigenvalue weighted by atomic mass is 9.85. The average molecular weight is 543 g/mol. The first-order chi connectivity index (χ1) is 16.6. The molecule has 0 spiro atoms.